The second-order valence-electron chi connectivity index (χ2n) is 8.97. The molecule has 1 saturated heterocycles. The molecule has 35 heavy (non-hydrogen) atoms. The van der Waals surface area contributed by atoms with E-state index in [2.05, 4.69) is 25.9 Å². The summed E-state index contributed by atoms with van der Waals surface area (Å²) in [7, 11) is 1.84. The number of anilines is 3. The first kappa shape index (κ1) is 23.0. The maximum absolute atomic E-state index is 15.3. The van der Waals surface area contributed by atoms with E-state index in [4.69, 9.17) is 10.5 Å². The van der Waals surface area contributed by atoms with Crippen molar-refractivity contribution in [3.8, 4) is 17.0 Å². The second kappa shape index (κ2) is 9.14. The highest BCUT2D eigenvalue weighted by Crippen LogP contribution is 2.39. The van der Waals surface area contributed by atoms with Gasteiger partial charge in [0.2, 0.25) is 5.88 Å². The Morgan fingerprint density at radius 2 is 2.11 bits per heavy atom. The number of pyridine rings is 2. The Hall–Kier alpha value is -3.73. The van der Waals surface area contributed by atoms with Gasteiger partial charge in [0.1, 0.15) is 24.3 Å². The van der Waals surface area contributed by atoms with Crippen molar-refractivity contribution in [2.75, 3.05) is 49.7 Å². The van der Waals surface area contributed by atoms with E-state index >= 15 is 4.39 Å². The highest BCUT2D eigenvalue weighted by atomic mass is 19.1. The molecule has 2 atom stereocenters. The Bertz CT molecular complexity index is 1300. The minimum Gasteiger partial charge on any atom is -0.474 e. The Kier molecular flexibility index (Phi) is 6.01. The molecule has 4 heterocycles. The molecule has 0 aliphatic carbocycles. The molecule has 2 aromatic heterocycles. The van der Waals surface area contributed by atoms with Crippen LogP contribution >= 0.6 is 0 Å². The van der Waals surface area contributed by atoms with Crippen molar-refractivity contribution in [1.82, 2.24) is 20.2 Å². The molecule has 0 radical (unpaired) electrons. The Morgan fingerprint density at radius 3 is 2.91 bits per heavy atom. The number of urea groups is 1. The van der Waals surface area contributed by atoms with Gasteiger partial charge in [-0.05, 0) is 43.5 Å². The number of halogens is 2. The van der Waals surface area contributed by atoms with Crippen LogP contribution < -0.4 is 26.4 Å². The average molecular weight is 484 g/mol. The van der Waals surface area contributed by atoms with E-state index in [9.17, 15) is 9.18 Å². The summed E-state index contributed by atoms with van der Waals surface area (Å²) in [6.45, 7) is 3.97. The molecule has 1 aromatic carbocycles. The molecular formula is C24H27F2N7O2. The Balaban J connectivity index is 1.43. The van der Waals surface area contributed by atoms with Crippen LogP contribution in [0, 0.1) is 12.7 Å². The highest BCUT2D eigenvalue weighted by molar-refractivity contribution is 6.00. The number of amides is 2. The van der Waals surface area contributed by atoms with Crippen LogP contribution in [0.25, 0.3) is 21.9 Å². The van der Waals surface area contributed by atoms with E-state index in [1.54, 1.807) is 18.3 Å². The third kappa shape index (κ3) is 4.39. The van der Waals surface area contributed by atoms with Crippen LogP contribution in [0.4, 0.5) is 30.8 Å². The standard InChI is InChI=1S/C24H27F2N7O2/c1-12-15(9-30-23-22(12)28-4-6-35-23)14-7-13-8-19(29-10-16(13)21(27)20(14)26)32-24(34)31-18-3-5-33(2)11-17(18)25/h7-10,17-18,28H,3-6,11,27H2,1-2H3,(H2,29,31,32,34)/t17-,18+/m1/s1. The predicted molar refractivity (Wildman–Crippen MR) is 131 cm³/mol. The summed E-state index contributed by atoms with van der Waals surface area (Å²) in [6, 6.07) is 2.14. The summed E-state index contributed by atoms with van der Waals surface area (Å²) in [5, 5.41) is 9.58. The van der Waals surface area contributed by atoms with Crippen LogP contribution in [0.15, 0.2) is 24.5 Å². The summed E-state index contributed by atoms with van der Waals surface area (Å²) in [6.07, 6.45) is 2.34. The van der Waals surface area contributed by atoms with Gasteiger partial charge in [0.25, 0.3) is 0 Å². The molecule has 0 unspecified atom stereocenters. The number of hydrogen-bond acceptors (Lipinski definition) is 7. The van der Waals surface area contributed by atoms with Gasteiger partial charge >= 0.3 is 6.03 Å². The second-order valence-corrected chi connectivity index (χ2v) is 8.97. The van der Waals surface area contributed by atoms with Gasteiger partial charge < -0.3 is 26.0 Å². The number of piperidine rings is 1. The van der Waals surface area contributed by atoms with E-state index in [0.717, 1.165) is 11.3 Å². The minimum atomic E-state index is -1.15. The van der Waals surface area contributed by atoms with Gasteiger partial charge in [-0.25, -0.2) is 23.5 Å². The number of likely N-dealkylation sites (tertiary alicyclic amines) is 1. The van der Waals surface area contributed by atoms with Crippen LogP contribution in [-0.2, 0) is 0 Å². The molecule has 2 amide bonds. The van der Waals surface area contributed by atoms with Crippen molar-refractivity contribution in [2.24, 2.45) is 0 Å². The number of nitrogens with two attached hydrogens (primary N) is 1. The zero-order valence-electron chi connectivity index (χ0n) is 19.5. The van der Waals surface area contributed by atoms with Crippen molar-refractivity contribution in [2.45, 2.75) is 25.6 Å². The average Bonchev–Trinajstić information content (AvgIpc) is 2.84. The van der Waals surface area contributed by atoms with Gasteiger partial charge in [0.15, 0.2) is 5.82 Å². The van der Waals surface area contributed by atoms with E-state index in [0.29, 0.717) is 48.3 Å². The zero-order chi connectivity index (χ0) is 24.7. The first-order chi connectivity index (χ1) is 16.8. The minimum absolute atomic E-state index is 0.0473. The molecule has 11 heteroatoms. The van der Waals surface area contributed by atoms with Gasteiger partial charge in [-0.3, -0.25) is 5.32 Å². The summed E-state index contributed by atoms with van der Waals surface area (Å²) >= 11 is 0. The lowest BCUT2D eigenvalue weighted by Gasteiger charge is -2.32. The number of nitrogens with zero attached hydrogens (tertiary/aromatic N) is 3. The number of nitrogens with one attached hydrogen (secondary N) is 3. The number of hydrogen-bond donors (Lipinski definition) is 4. The Labute approximate surface area is 201 Å². The predicted octanol–water partition coefficient (Wildman–Crippen LogP) is 3.29. The van der Waals surface area contributed by atoms with E-state index < -0.39 is 24.1 Å². The Morgan fingerprint density at radius 1 is 1.29 bits per heavy atom. The largest absolute Gasteiger partial charge is 0.474 e. The van der Waals surface area contributed by atoms with Crippen molar-refractivity contribution in [3.63, 3.8) is 0 Å². The van der Waals surface area contributed by atoms with Crippen molar-refractivity contribution < 1.29 is 18.3 Å². The van der Waals surface area contributed by atoms with Crippen molar-refractivity contribution in [1.29, 1.82) is 0 Å². The summed E-state index contributed by atoms with van der Waals surface area (Å²) in [4.78, 5) is 22.9. The third-order valence-corrected chi connectivity index (χ3v) is 6.54. The van der Waals surface area contributed by atoms with Gasteiger partial charge in [-0.2, -0.15) is 0 Å². The van der Waals surface area contributed by atoms with Crippen molar-refractivity contribution in [3.05, 3.63) is 35.9 Å². The number of benzene rings is 1. The van der Waals surface area contributed by atoms with E-state index in [1.165, 1.54) is 6.20 Å². The molecule has 3 aromatic rings. The van der Waals surface area contributed by atoms with Crippen LogP contribution in [0.5, 0.6) is 5.88 Å². The van der Waals surface area contributed by atoms with Crippen LogP contribution in [0.3, 0.4) is 0 Å². The van der Waals surface area contributed by atoms with Crippen molar-refractivity contribution >= 4 is 34.0 Å². The zero-order valence-corrected chi connectivity index (χ0v) is 19.5. The summed E-state index contributed by atoms with van der Waals surface area (Å²) in [5.74, 6) is 0.148. The van der Waals surface area contributed by atoms with Crippen LogP contribution in [0.1, 0.15) is 12.0 Å². The number of rotatable bonds is 3. The molecule has 0 bridgehead atoms. The number of aromatic nitrogens is 2. The fraction of sp³-hybridized carbons (Fsp3) is 0.375. The smallest absolute Gasteiger partial charge is 0.320 e. The maximum atomic E-state index is 15.3. The monoisotopic (exact) mass is 483 g/mol. The molecule has 5 N–H and O–H groups in total. The summed E-state index contributed by atoms with van der Waals surface area (Å²) < 4.78 is 35.1. The normalized spacial score (nSPS) is 20.0. The fourth-order valence-corrected chi connectivity index (χ4v) is 4.59. The molecule has 2 aliphatic heterocycles. The van der Waals surface area contributed by atoms with E-state index in [1.807, 2.05) is 18.9 Å². The van der Waals surface area contributed by atoms with Gasteiger partial charge in [-0.1, -0.05) is 0 Å². The number of nitrogen functional groups attached to an aromatic ring is 1. The fourth-order valence-electron chi connectivity index (χ4n) is 4.59. The number of carbonyl (C=O) groups excluding carboxylic acids is 1. The van der Waals surface area contributed by atoms with Gasteiger partial charge in [0.05, 0.1) is 11.7 Å². The lowest BCUT2D eigenvalue weighted by Crippen LogP contribution is -2.52. The van der Waals surface area contributed by atoms with E-state index in [-0.39, 0.29) is 23.6 Å². The number of carbonyl (C=O) groups is 1. The third-order valence-electron chi connectivity index (χ3n) is 6.54. The molecule has 2 aliphatic rings. The molecule has 0 spiro atoms. The van der Waals surface area contributed by atoms with Gasteiger partial charge in [0, 0.05) is 48.5 Å². The molecular weight excluding hydrogens is 456 g/mol. The number of alkyl halides is 1. The molecule has 0 saturated carbocycles. The van der Waals surface area contributed by atoms with Crippen LogP contribution in [-0.4, -0.2) is 66.4 Å². The maximum Gasteiger partial charge on any atom is 0.320 e. The first-order valence-corrected chi connectivity index (χ1v) is 11.5. The lowest BCUT2D eigenvalue weighted by molar-refractivity contribution is 0.127. The van der Waals surface area contributed by atoms with Crippen LogP contribution in [0.2, 0.25) is 0 Å². The molecule has 1 fully saturated rings. The SMILES string of the molecule is Cc1c(-c2cc3cc(NC(=O)N[C@H]4CCN(C)C[C@H]4F)ncc3c(N)c2F)cnc2c1NCCO2. The van der Waals surface area contributed by atoms with Gasteiger partial charge in [-0.15, -0.1) is 0 Å². The summed E-state index contributed by atoms with van der Waals surface area (Å²) in [5.41, 5.74) is 8.45. The molecule has 9 nitrogen and oxygen atoms in total. The highest BCUT2D eigenvalue weighted by Gasteiger charge is 2.29. The number of fused-ring (bicyclic) bond motifs is 2. The molecule has 5 rings (SSSR count). The topological polar surface area (TPSA) is 117 Å². The molecule has 184 valence electrons. The quantitative estimate of drug-likeness (QED) is 0.422. The first-order valence-electron chi connectivity index (χ1n) is 11.5. The lowest BCUT2D eigenvalue weighted by atomic mass is 9.97. The number of ether oxygens (including phenoxy) is 1.